The monoisotopic (exact) mass is 278 g/mol. The zero-order valence-electron chi connectivity index (χ0n) is 11.7. The predicted molar refractivity (Wildman–Crippen MR) is 77.9 cm³/mol. The third kappa shape index (κ3) is 2.34. The summed E-state index contributed by atoms with van der Waals surface area (Å²) in [6.45, 7) is 9.31. The zero-order valence-corrected chi connectivity index (χ0v) is 12.5. The molecule has 0 atom stereocenters. The number of nitrogens with zero attached hydrogens (tertiary/aromatic N) is 2. The van der Waals surface area contributed by atoms with E-state index in [9.17, 15) is 9.59 Å². The first-order valence-corrected chi connectivity index (χ1v) is 7.23. The molecule has 0 radical (unpaired) electrons. The van der Waals surface area contributed by atoms with Crippen molar-refractivity contribution in [3.63, 3.8) is 0 Å². The average molecular weight is 278 g/mol. The maximum Gasteiger partial charge on any atom is 0.293 e. The first kappa shape index (κ1) is 13.9. The number of amides is 2. The molecule has 0 spiro atoms. The van der Waals surface area contributed by atoms with Gasteiger partial charge in [-0.1, -0.05) is 0 Å². The fourth-order valence-electron chi connectivity index (χ4n) is 2.37. The normalized spacial score (nSPS) is 17.9. The fourth-order valence-corrected chi connectivity index (χ4v) is 3.27. The molecule has 1 fully saturated rings. The van der Waals surface area contributed by atoms with Gasteiger partial charge in [0, 0.05) is 24.5 Å². The van der Waals surface area contributed by atoms with Gasteiger partial charge >= 0.3 is 0 Å². The molecule has 0 aliphatic carbocycles. The lowest BCUT2D eigenvalue weighted by molar-refractivity contribution is -0.122. The van der Waals surface area contributed by atoms with Crippen molar-refractivity contribution in [1.29, 1.82) is 0 Å². The second-order valence-electron chi connectivity index (χ2n) is 4.50. The summed E-state index contributed by atoms with van der Waals surface area (Å²) in [7, 11) is 0. The highest BCUT2D eigenvalue weighted by Crippen LogP contribution is 2.32. The van der Waals surface area contributed by atoms with Gasteiger partial charge in [0.15, 0.2) is 0 Å². The molecule has 5 heteroatoms. The second kappa shape index (κ2) is 5.25. The van der Waals surface area contributed by atoms with Gasteiger partial charge in [-0.25, -0.2) is 0 Å². The molecule has 0 unspecified atom stereocenters. The number of imide groups is 1. The van der Waals surface area contributed by atoms with Gasteiger partial charge in [-0.3, -0.25) is 14.5 Å². The molecule has 102 valence electrons. The first-order valence-electron chi connectivity index (χ1n) is 6.41. The third-order valence-corrected chi connectivity index (χ3v) is 4.31. The van der Waals surface area contributed by atoms with Crippen LogP contribution in [0.15, 0.2) is 11.0 Å². The van der Waals surface area contributed by atoms with Crippen LogP contribution in [-0.2, 0) is 11.3 Å². The number of aryl methyl sites for hydroxylation is 1. The SMILES string of the molecule is CCN1C(=O)S/C(=C/c2cc(C)n(CC)c2C)C1=O. The minimum Gasteiger partial charge on any atom is -0.349 e. The Labute approximate surface area is 117 Å². The maximum atomic E-state index is 12.0. The number of carbonyl (C=O) groups excluding carboxylic acids is 2. The Kier molecular flexibility index (Phi) is 3.85. The lowest BCUT2D eigenvalue weighted by Gasteiger charge is -2.07. The van der Waals surface area contributed by atoms with Crippen molar-refractivity contribution in [1.82, 2.24) is 9.47 Å². The summed E-state index contributed by atoms with van der Waals surface area (Å²) in [6.07, 6.45) is 1.83. The van der Waals surface area contributed by atoms with Crippen molar-refractivity contribution in [2.24, 2.45) is 0 Å². The Morgan fingerprint density at radius 2 is 1.89 bits per heavy atom. The minimum absolute atomic E-state index is 0.178. The predicted octanol–water partition coefficient (Wildman–Crippen LogP) is 3.18. The van der Waals surface area contributed by atoms with E-state index in [1.54, 1.807) is 0 Å². The fraction of sp³-hybridized carbons (Fsp3) is 0.429. The molecular formula is C14H18N2O2S. The van der Waals surface area contributed by atoms with Gasteiger partial charge < -0.3 is 4.57 Å². The molecule has 0 N–H and O–H groups in total. The van der Waals surface area contributed by atoms with Crippen molar-refractivity contribution < 1.29 is 9.59 Å². The molecule has 0 aromatic carbocycles. The number of hydrogen-bond donors (Lipinski definition) is 0. The standard InChI is InChI=1S/C14H18N2O2S/c1-5-15-9(3)7-11(10(15)4)8-12-13(17)16(6-2)14(18)19-12/h7-8H,5-6H2,1-4H3/b12-8+. The number of carbonyl (C=O) groups is 2. The number of thioether (sulfide) groups is 1. The van der Waals surface area contributed by atoms with Gasteiger partial charge in [-0.2, -0.15) is 0 Å². The Morgan fingerprint density at radius 3 is 2.37 bits per heavy atom. The average Bonchev–Trinajstić information content (AvgIpc) is 2.78. The van der Waals surface area contributed by atoms with Crippen molar-refractivity contribution in [2.45, 2.75) is 34.2 Å². The first-order chi connectivity index (χ1) is 8.99. The van der Waals surface area contributed by atoms with Crippen LogP contribution in [0.25, 0.3) is 6.08 Å². The molecule has 2 heterocycles. The van der Waals surface area contributed by atoms with E-state index in [0.717, 1.165) is 29.6 Å². The van der Waals surface area contributed by atoms with Crippen molar-refractivity contribution in [3.8, 4) is 0 Å². The second-order valence-corrected chi connectivity index (χ2v) is 5.49. The van der Waals surface area contributed by atoms with E-state index in [1.807, 2.05) is 26.8 Å². The molecule has 2 amide bonds. The molecule has 2 rings (SSSR count). The summed E-state index contributed by atoms with van der Waals surface area (Å²) in [5, 5.41) is -0.178. The summed E-state index contributed by atoms with van der Waals surface area (Å²) in [6, 6.07) is 2.05. The highest BCUT2D eigenvalue weighted by atomic mass is 32.2. The van der Waals surface area contributed by atoms with Crippen LogP contribution in [0.4, 0.5) is 4.79 Å². The van der Waals surface area contributed by atoms with Gasteiger partial charge in [0.25, 0.3) is 11.1 Å². The van der Waals surface area contributed by atoms with E-state index >= 15 is 0 Å². The molecule has 4 nitrogen and oxygen atoms in total. The van der Waals surface area contributed by atoms with Crippen LogP contribution in [0.3, 0.4) is 0 Å². The van der Waals surface area contributed by atoms with Crippen LogP contribution in [0.5, 0.6) is 0 Å². The van der Waals surface area contributed by atoms with Gasteiger partial charge in [0.05, 0.1) is 4.91 Å². The zero-order chi connectivity index (χ0) is 14.2. The molecule has 1 aliphatic rings. The van der Waals surface area contributed by atoms with Crippen LogP contribution in [0.2, 0.25) is 0 Å². The molecule has 1 aromatic rings. The smallest absolute Gasteiger partial charge is 0.293 e. The van der Waals surface area contributed by atoms with Crippen LogP contribution >= 0.6 is 11.8 Å². The lowest BCUT2D eigenvalue weighted by atomic mass is 10.2. The van der Waals surface area contributed by atoms with E-state index in [1.165, 1.54) is 10.6 Å². The Morgan fingerprint density at radius 1 is 1.21 bits per heavy atom. The molecule has 1 aromatic heterocycles. The van der Waals surface area contributed by atoms with Gasteiger partial charge in [0.1, 0.15) is 0 Å². The third-order valence-electron chi connectivity index (χ3n) is 3.41. The minimum atomic E-state index is -0.182. The van der Waals surface area contributed by atoms with Gasteiger partial charge in [-0.15, -0.1) is 0 Å². The molecule has 0 saturated carbocycles. The largest absolute Gasteiger partial charge is 0.349 e. The van der Waals surface area contributed by atoms with Crippen LogP contribution in [0, 0.1) is 13.8 Å². The summed E-state index contributed by atoms with van der Waals surface area (Å²) >= 11 is 1.02. The maximum absolute atomic E-state index is 12.0. The molecular weight excluding hydrogens is 260 g/mol. The summed E-state index contributed by atoms with van der Waals surface area (Å²) in [5.41, 5.74) is 3.31. The van der Waals surface area contributed by atoms with E-state index in [2.05, 4.69) is 17.6 Å². The van der Waals surface area contributed by atoms with Gasteiger partial charge in [0.2, 0.25) is 0 Å². The molecule has 0 bridgehead atoms. The van der Waals surface area contributed by atoms with Crippen molar-refractivity contribution in [3.05, 3.63) is 27.9 Å². The number of rotatable bonds is 3. The van der Waals surface area contributed by atoms with E-state index in [4.69, 9.17) is 0 Å². The quantitative estimate of drug-likeness (QED) is 0.797. The van der Waals surface area contributed by atoms with E-state index in [0.29, 0.717) is 11.4 Å². The highest BCUT2D eigenvalue weighted by molar-refractivity contribution is 8.18. The van der Waals surface area contributed by atoms with Gasteiger partial charge in [-0.05, 0) is 57.2 Å². The molecule has 19 heavy (non-hydrogen) atoms. The van der Waals surface area contributed by atoms with Crippen LogP contribution in [-0.4, -0.2) is 27.2 Å². The van der Waals surface area contributed by atoms with Crippen LogP contribution < -0.4 is 0 Å². The molecule has 1 saturated heterocycles. The Bertz CT molecular complexity index is 572. The Hall–Kier alpha value is -1.49. The molecule has 1 aliphatic heterocycles. The van der Waals surface area contributed by atoms with E-state index < -0.39 is 0 Å². The van der Waals surface area contributed by atoms with Crippen molar-refractivity contribution in [2.75, 3.05) is 6.54 Å². The summed E-state index contributed by atoms with van der Waals surface area (Å²) < 4.78 is 2.19. The number of likely N-dealkylation sites (N-methyl/N-ethyl adjacent to an activating group) is 1. The highest BCUT2D eigenvalue weighted by Gasteiger charge is 2.33. The topological polar surface area (TPSA) is 42.3 Å². The Balaban J connectivity index is 2.38. The number of hydrogen-bond acceptors (Lipinski definition) is 3. The van der Waals surface area contributed by atoms with Crippen LogP contribution in [0.1, 0.15) is 30.8 Å². The number of aromatic nitrogens is 1. The lowest BCUT2D eigenvalue weighted by Crippen LogP contribution is -2.27. The van der Waals surface area contributed by atoms with E-state index in [-0.39, 0.29) is 11.1 Å². The summed E-state index contributed by atoms with van der Waals surface area (Å²) in [5.74, 6) is -0.182. The van der Waals surface area contributed by atoms with Crippen molar-refractivity contribution >= 4 is 29.0 Å². The summed E-state index contributed by atoms with van der Waals surface area (Å²) in [4.78, 5) is 25.5.